The number of carboxylic acid groups (broad SMARTS) is 2. The van der Waals surface area contributed by atoms with E-state index in [0.717, 1.165) is 25.3 Å². The molecule has 4 heteroatoms. The van der Waals surface area contributed by atoms with Crippen LogP contribution in [0.3, 0.4) is 0 Å². The van der Waals surface area contributed by atoms with Crippen molar-refractivity contribution in [1.29, 1.82) is 0 Å². The van der Waals surface area contributed by atoms with Gasteiger partial charge in [-0.1, -0.05) is 25.3 Å². The molecule has 1 aliphatic carbocycles. The average Bonchev–Trinajstić information content (AvgIpc) is 2.16. The van der Waals surface area contributed by atoms with Crippen molar-refractivity contribution in [1.82, 2.24) is 0 Å². The van der Waals surface area contributed by atoms with E-state index in [9.17, 15) is 9.59 Å². The lowest BCUT2D eigenvalue weighted by atomic mass is 9.74. The van der Waals surface area contributed by atoms with E-state index in [1.54, 1.807) is 0 Å². The largest absolute Gasteiger partial charge is 0.481 e. The van der Waals surface area contributed by atoms with E-state index in [0.29, 0.717) is 12.8 Å². The second kappa shape index (κ2) is 4.26. The zero-order valence-corrected chi connectivity index (χ0v) is 7.90. The molecular formula is C10H14O4. The fourth-order valence-corrected chi connectivity index (χ4v) is 1.87. The Morgan fingerprint density at radius 1 is 1.07 bits per heavy atom. The lowest BCUT2D eigenvalue weighted by Crippen LogP contribution is -2.31. The highest BCUT2D eigenvalue weighted by atomic mass is 16.4. The lowest BCUT2D eigenvalue weighted by molar-refractivity contribution is -0.147. The predicted octanol–water partition coefficient (Wildman–Crippen LogP) is 1.66. The van der Waals surface area contributed by atoms with Crippen molar-refractivity contribution in [3.8, 4) is 0 Å². The minimum Gasteiger partial charge on any atom is -0.481 e. The Labute approximate surface area is 82.2 Å². The molecule has 78 valence electrons. The van der Waals surface area contributed by atoms with E-state index < -0.39 is 17.4 Å². The second-order valence-corrected chi connectivity index (χ2v) is 3.69. The molecule has 2 N–H and O–H groups in total. The first-order valence-electron chi connectivity index (χ1n) is 4.72. The van der Waals surface area contributed by atoms with Crippen molar-refractivity contribution in [3.05, 3.63) is 12.2 Å². The lowest BCUT2D eigenvalue weighted by Gasteiger charge is -2.29. The quantitative estimate of drug-likeness (QED) is 0.676. The van der Waals surface area contributed by atoms with Crippen LogP contribution in [0.2, 0.25) is 0 Å². The summed E-state index contributed by atoms with van der Waals surface area (Å²) in [6.45, 7) is 0. The third-order valence-electron chi connectivity index (χ3n) is 2.72. The van der Waals surface area contributed by atoms with Crippen molar-refractivity contribution < 1.29 is 19.8 Å². The number of hydrogen-bond acceptors (Lipinski definition) is 2. The Bertz CT molecular complexity index is 261. The molecule has 1 fully saturated rings. The minimum absolute atomic E-state index is 0.548. The highest BCUT2D eigenvalue weighted by molar-refractivity contribution is 5.83. The molecule has 0 aromatic rings. The first-order chi connectivity index (χ1) is 6.57. The van der Waals surface area contributed by atoms with Crippen molar-refractivity contribution in [2.45, 2.75) is 32.1 Å². The van der Waals surface area contributed by atoms with Crippen LogP contribution in [0.5, 0.6) is 0 Å². The first kappa shape index (κ1) is 10.8. The van der Waals surface area contributed by atoms with Gasteiger partial charge in [0, 0.05) is 6.08 Å². The van der Waals surface area contributed by atoms with Crippen molar-refractivity contribution in [2.24, 2.45) is 5.41 Å². The summed E-state index contributed by atoms with van der Waals surface area (Å²) in [6.07, 6.45) is 6.12. The van der Waals surface area contributed by atoms with Gasteiger partial charge in [-0.3, -0.25) is 4.79 Å². The maximum Gasteiger partial charge on any atom is 0.328 e. The topological polar surface area (TPSA) is 74.6 Å². The summed E-state index contributed by atoms with van der Waals surface area (Å²) in [5, 5.41) is 17.5. The van der Waals surface area contributed by atoms with Gasteiger partial charge in [-0.05, 0) is 12.8 Å². The molecule has 0 aliphatic heterocycles. The molecule has 1 aliphatic rings. The van der Waals surface area contributed by atoms with Gasteiger partial charge in [-0.25, -0.2) is 4.79 Å². The highest BCUT2D eigenvalue weighted by Gasteiger charge is 2.37. The molecule has 14 heavy (non-hydrogen) atoms. The van der Waals surface area contributed by atoms with E-state index in [2.05, 4.69) is 0 Å². The Balaban J connectivity index is 2.80. The predicted molar refractivity (Wildman–Crippen MR) is 49.9 cm³/mol. The minimum atomic E-state index is -1.09. The summed E-state index contributed by atoms with van der Waals surface area (Å²) in [6, 6.07) is 0. The molecule has 0 bridgehead atoms. The highest BCUT2D eigenvalue weighted by Crippen LogP contribution is 2.37. The van der Waals surface area contributed by atoms with Crippen LogP contribution in [0.1, 0.15) is 32.1 Å². The smallest absolute Gasteiger partial charge is 0.328 e. The standard InChI is InChI=1S/C10H14O4/c11-8(12)4-7-10(9(13)14)5-2-1-3-6-10/h4,7H,1-3,5-6H2,(H,11,12)(H,13,14). The molecule has 1 rings (SSSR count). The SMILES string of the molecule is O=C(O)C=CC1(C(=O)O)CCCCC1. The monoisotopic (exact) mass is 198 g/mol. The van der Waals surface area contributed by atoms with E-state index in [1.807, 2.05) is 0 Å². The van der Waals surface area contributed by atoms with E-state index >= 15 is 0 Å². The second-order valence-electron chi connectivity index (χ2n) is 3.69. The molecule has 0 aromatic carbocycles. The maximum atomic E-state index is 11.0. The van der Waals surface area contributed by atoms with Gasteiger partial charge in [-0.2, -0.15) is 0 Å². The number of rotatable bonds is 3. The summed E-state index contributed by atoms with van der Waals surface area (Å²) in [7, 11) is 0. The van der Waals surface area contributed by atoms with Crippen LogP contribution in [-0.4, -0.2) is 22.2 Å². The number of hydrogen-bond donors (Lipinski definition) is 2. The third kappa shape index (κ3) is 2.34. The van der Waals surface area contributed by atoms with Gasteiger partial charge in [0.1, 0.15) is 0 Å². The average molecular weight is 198 g/mol. The van der Waals surface area contributed by atoms with Gasteiger partial charge in [-0.15, -0.1) is 0 Å². The van der Waals surface area contributed by atoms with Crippen LogP contribution in [-0.2, 0) is 9.59 Å². The number of carboxylic acids is 2. The molecular weight excluding hydrogens is 184 g/mol. The Kier molecular flexibility index (Phi) is 3.28. The molecule has 0 heterocycles. The maximum absolute atomic E-state index is 11.0. The first-order valence-corrected chi connectivity index (χ1v) is 4.72. The molecule has 0 aromatic heterocycles. The summed E-state index contributed by atoms with van der Waals surface area (Å²) in [5.41, 5.74) is -0.934. The molecule has 0 radical (unpaired) electrons. The summed E-state index contributed by atoms with van der Waals surface area (Å²) < 4.78 is 0. The van der Waals surface area contributed by atoms with Gasteiger partial charge in [0.05, 0.1) is 5.41 Å². The normalized spacial score (nSPS) is 20.9. The molecule has 0 amide bonds. The van der Waals surface area contributed by atoms with E-state index in [4.69, 9.17) is 10.2 Å². The zero-order chi connectivity index (χ0) is 10.6. The fourth-order valence-electron chi connectivity index (χ4n) is 1.87. The molecule has 4 nitrogen and oxygen atoms in total. The third-order valence-corrected chi connectivity index (χ3v) is 2.72. The van der Waals surface area contributed by atoms with Crippen LogP contribution in [0.4, 0.5) is 0 Å². The summed E-state index contributed by atoms with van der Waals surface area (Å²) in [5.74, 6) is -1.99. The van der Waals surface area contributed by atoms with Crippen LogP contribution >= 0.6 is 0 Å². The van der Waals surface area contributed by atoms with Crippen molar-refractivity contribution in [3.63, 3.8) is 0 Å². The van der Waals surface area contributed by atoms with Crippen LogP contribution < -0.4 is 0 Å². The van der Waals surface area contributed by atoms with Gasteiger partial charge < -0.3 is 10.2 Å². The molecule has 0 unspecified atom stereocenters. The summed E-state index contributed by atoms with van der Waals surface area (Å²) in [4.78, 5) is 21.4. The van der Waals surface area contributed by atoms with Gasteiger partial charge in [0.15, 0.2) is 0 Å². The molecule has 0 saturated heterocycles. The Morgan fingerprint density at radius 2 is 1.64 bits per heavy atom. The van der Waals surface area contributed by atoms with Gasteiger partial charge >= 0.3 is 11.9 Å². The Morgan fingerprint density at radius 3 is 2.07 bits per heavy atom. The number of aliphatic carboxylic acids is 2. The van der Waals surface area contributed by atoms with E-state index in [-0.39, 0.29) is 0 Å². The molecule has 1 saturated carbocycles. The summed E-state index contributed by atoms with van der Waals surface area (Å²) >= 11 is 0. The van der Waals surface area contributed by atoms with Crippen LogP contribution in [0.15, 0.2) is 12.2 Å². The van der Waals surface area contributed by atoms with Gasteiger partial charge in [0.25, 0.3) is 0 Å². The number of carbonyl (C=O) groups is 2. The van der Waals surface area contributed by atoms with E-state index in [1.165, 1.54) is 6.08 Å². The van der Waals surface area contributed by atoms with Crippen molar-refractivity contribution in [2.75, 3.05) is 0 Å². The zero-order valence-electron chi connectivity index (χ0n) is 7.90. The molecule has 0 atom stereocenters. The van der Waals surface area contributed by atoms with Crippen LogP contribution in [0.25, 0.3) is 0 Å². The fraction of sp³-hybridized carbons (Fsp3) is 0.600. The molecule has 0 spiro atoms. The van der Waals surface area contributed by atoms with Crippen LogP contribution in [0, 0.1) is 5.41 Å². The van der Waals surface area contributed by atoms with Crippen molar-refractivity contribution >= 4 is 11.9 Å². The van der Waals surface area contributed by atoms with Gasteiger partial charge in [0.2, 0.25) is 0 Å². The Hall–Kier alpha value is -1.32.